The van der Waals surface area contributed by atoms with E-state index in [0.717, 1.165) is 29.2 Å². The molecule has 10 rings (SSSR count). The van der Waals surface area contributed by atoms with Crippen molar-refractivity contribution in [3.63, 3.8) is 0 Å². The first-order valence-corrected chi connectivity index (χ1v) is 26.0. The fourth-order valence-electron chi connectivity index (χ4n) is 10.7. The molecule has 0 amide bonds. The molecule has 0 saturated carbocycles. The summed E-state index contributed by atoms with van der Waals surface area (Å²) < 4.78 is 0. The van der Waals surface area contributed by atoms with Crippen molar-refractivity contribution in [3.8, 4) is 33.4 Å². The van der Waals surface area contributed by atoms with E-state index in [9.17, 15) is 0 Å². The van der Waals surface area contributed by atoms with Crippen molar-refractivity contribution in [1.29, 1.82) is 0 Å². The standard InChI is InChI=1S/C69H66N2/c1-6-7-8-9-13-24-51(5)65-48-67(71(57-41-35-50(4)36-42-57)59-45-39-55(40-46-59)53-27-16-11-17-28-53)61-32-21-23-34-63(61)69(65)68-62-33-22-20-31-60(62)66(47-64(68)49(2)3)70(56-29-18-12-19-30-56)58-43-37-54(38-44-58)52-25-14-10-15-26-52/h10-12,14-23,25-49,51H,6-9,13,24H2,1-5H3/t51-/m1/s1. The minimum atomic E-state index is 0.231. The molecule has 2 nitrogen and oxygen atoms in total. The highest BCUT2D eigenvalue weighted by Gasteiger charge is 2.28. The number of para-hydroxylation sites is 1. The van der Waals surface area contributed by atoms with E-state index in [2.05, 4.69) is 269 Å². The zero-order valence-electron chi connectivity index (χ0n) is 42.2. The number of nitrogens with zero attached hydrogens (tertiary/aromatic N) is 2. The van der Waals surface area contributed by atoms with Crippen LogP contribution in [0.25, 0.3) is 54.9 Å². The number of hydrogen-bond donors (Lipinski definition) is 0. The molecule has 352 valence electrons. The number of benzene rings is 10. The smallest absolute Gasteiger partial charge is 0.0543 e. The number of anilines is 6. The van der Waals surface area contributed by atoms with Gasteiger partial charge in [0.2, 0.25) is 0 Å². The van der Waals surface area contributed by atoms with Gasteiger partial charge >= 0.3 is 0 Å². The van der Waals surface area contributed by atoms with Crippen LogP contribution in [0.2, 0.25) is 0 Å². The summed E-state index contributed by atoms with van der Waals surface area (Å²) in [4.78, 5) is 4.97. The summed E-state index contributed by atoms with van der Waals surface area (Å²) in [5.74, 6) is 0.534. The van der Waals surface area contributed by atoms with E-state index < -0.39 is 0 Å². The molecule has 0 N–H and O–H groups in total. The Morgan fingerprint density at radius 3 is 1.18 bits per heavy atom. The van der Waals surface area contributed by atoms with Crippen LogP contribution in [0.15, 0.2) is 224 Å². The predicted octanol–water partition coefficient (Wildman–Crippen LogP) is 20.8. The maximum Gasteiger partial charge on any atom is 0.0543 e. The second-order valence-corrected chi connectivity index (χ2v) is 19.7. The Labute approximate surface area is 422 Å². The molecule has 0 radical (unpaired) electrons. The van der Waals surface area contributed by atoms with E-state index in [1.807, 2.05) is 0 Å². The van der Waals surface area contributed by atoms with Gasteiger partial charge in [-0.1, -0.05) is 229 Å². The van der Waals surface area contributed by atoms with Gasteiger partial charge in [0.1, 0.15) is 0 Å². The molecule has 1 atom stereocenters. The van der Waals surface area contributed by atoms with Gasteiger partial charge in [-0.2, -0.15) is 0 Å². The van der Waals surface area contributed by atoms with Crippen molar-refractivity contribution in [1.82, 2.24) is 0 Å². The summed E-state index contributed by atoms with van der Waals surface area (Å²) in [5, 5.41) is 5.03. The molecule has 0 aromatic heterocycles. The molecule has 0 bridgehead atoms. The Balaban J connectivity index is 1.22. The lowest BCUT2D eigenvalue weighted by Crippen LogP contribution is -2.13. The lowest BCUT2D eigenvalue weighted by Gasteiger charge is -2.32. The summed E-state index contributed by atoms with van der Waals surface area (Å²) in [6.07, 6.45) is 7.41. The van der Waals surface area contributed by atoms with Gasteiger partial charge in [0.25, 0.3) is 0 Å². The molecule has 10 aromatic rings. The van der Waals surface area contributed by atoms with Crippen molar-refractivity contribution in [2.24, 2.45) is 0 Å². The van der Waals surface area contributed by atoms with E-state index in [1.54, 1.807) is 0 Å². The normalized spacial score (nSPS) is 11.9. The molecule has 0 aliphatic rings. The van der Waals surface area contributed by atoms with E-state index in [4.69, 9.17) is 0 Å². The first-order chi connectivity index (χ1) is 34.9. The van der Waals surface area contributed by atoms with Gasteiger partial charge in [0.15, 0.2) is 0 Å². The van der Waals surface area contributed by atoms with Crippen LogP contribution in [0.4, 0.5) is 34.1 Å². The average molecular weight is 923 g/mol. The molecular formula is C69H66N2. The summed E-state index contributed by atoms with van der Waals surface area (Å²) in [7, 11) is 0. The van der Waals surface area contributed by atoms with Crippen LogP contribution < -0.4 is 9.80 Å². The average Bonchev–Trinajstić information content (AvgIpc) is 3.42. The van der Waals surface area contributed by atoms with Crippen molar-refractivity contribution in [3.05, 3.63) is 241 Å². The number of rotatable bonds is 17. The third-order valence-electron chi connectivity index (χ3n) is 14.5. The van der Waals surface area contributed by atoms with Crippen LogP contribution in [0.3, 0.4) is 0 Å². The van der Waals surface area contributed by atoms with Crippen LogP contribution in [0.5, 0.6) is 0 Å². The van der Waals surface area contributed by atoms with Crippen LogP contribution in [0.1, 0.15) is 94.7 Å². The highest BCUT2D eigenvalue weighted by atomic mass is 15.1. The number of aryl methyl sites for hydroxylation is 1. The monoisotopic (exact) mass is 923 g/mol. The minimum absolute atomic E-state index is 0.231. The molecule has 2 heteroatoms. The largest absolute Gasteiger partial charge is 0.310 e. The van der Waals surface area contributed by atoms with Crippen molar-refractivity contribution in [2.45, 2.75) is 85.0 Å². The lowest BCUT2D eigenvalue weighted by atomic mass is 9.79. The third kappa shape index (κ3) is 9.90. The molecule has 0 fully saturated rings. The molecule has 0 aliphatic carbocycles. The van der Waals surface area contributed by atoms with E-state index in [0.29, 0.717) is 5.92 Å². The Kier molecular flexibility index (Phi) is 14.3. The Hall–Kier alpha value is -7.68. The van der Waals surface area contributed by atoms with Crippen molar-refractivity contribution < 1.29 is 0 Å². The van der Waals surface area contributed by atoms with E-state index in [-0.39, 0.29) is 5.92 Å². The summed E-state index contributed by atoms with van der Waals surface area (Å²) >= 11 is 0. The van der Waals surface area contributed by atoms with Crippen LogP contribution in [0, 0.1) is 6.92 Å². The zero-order chi connectivity index (χ0) is 48.7. The number of fused-ring (bicyclic) bond motifs is 2. The molecule has 0 spiro atoms. The van der Waals surface area contributed by atoms with Gasteiger partial charge in [0.05, 0.1) is 11.4 Å². The SMILES string of the molecule is CCCCCCC[C@@H](C)c1cc(N(c2ccc(C)cc2)c2ccc(-c3ccccc3)cc2)c2ccccc2c1-c1c(C(C)C)cc(N(c2ccccc2)c2ccc(-c3ccccc3)cc2)c2ccccc12. The first kappa shape index (κ1) is 47.0. The second-order valence-electron chi connectivity index (χ2n) is 19.7. The van der Waals surface area contributed by atoms with E-state index >= 15 is 0 Å². The van der Waals surface area contributed by atoms with Crippen LogP contribution in [-0.4, -0.2) is 0 Å². The maximum absolute atomic E-state index is 2.58. The first-order valence-electron chi connectivity index (χ1n) is 26.0. The summed E-state index contributed by atoms with van der Waals surface area (Å²) in [6.45, 7) is 11.7. The van der Waals surface area contributed by atoms with Gasteiger partial charge in [-0.3, -0.25) is 0 Å². The minimum Gasteiger partial charge on any atom is -0.310 e. The highest BCUT2D eigenvalue weighted by Crippen LogP contribution is 2.52. The number of hydrogen-bond acceptors (Lipinski definition) is 2. The fourth-order valence-corrected chi connectivity index (χ4v) is 10.7. The Morgan fingerprint density at radius 1 is 0.352 bits per heavy atom. The molecule has 0 heterocycles. The molecule has 71 heavy (non-hydrogen) atoms. The molecule has 0 unspecified atom stereocenters. The van der Waals surface area contributed by atoms with Crippen molar-refractivity contribution in [2.75, 3.05) is 9.80 Å². The van der Waals surface area contributed by atoms with Gasteiger partial charge in [-0.25, -0.2) is 0 Å². The molecular weight excluding hydrogens is 857 g/mol. The molecule has 10 aromatic carbocycles. The van der Waals surface area contributed by atoms with Gasteiger partial charge in [-0.05, 0) is 141 Å². The summed E-state index contributed by atoms with van der Waals surface area (Å²) in [6, 6.07) is 83.2. The van der Waals surface area contributed by atoms with Crippen LogP contribution >= 0.6 is 0 Å². The summed E-state index contributed by atoms with van der Waals surface area (Å²) in [5.41, 5.74) is 18.5. The Morgan fingerprint density at radius 2 is 0.718 bits per heavy atom. The topological polar surface area (TPSA) is 6.48 Å². The third-order valence-corrected chi connectivity index (χ3v) is 14.5. The van der Waals surface area contributed by atoms with Gasteiger partial charge < -0.3 is 9.80 Å². The number of unbranched alkanes of at least 4 members (excludes halogenated alkanes) is 4. The maximum atomic E-state index is 2.58. The Bertz CT molecular complexity index is 3340. The van der Waals surface area contributed by atoms with Crippen LogP contribution in [-0.2, 0) is 0 Å². The zero-order valence-corrected chi connectivity index (χ0v) is 42.2. The fraction of sp³-hybridized carbons (Fsp3) is 0.188. The van der Waals surface area contributed by atoms with E-state index in [1.165, 1.54) is 115 Å². The predicted molar refractivity (Wildman–Crippen MR) is 308 cm³/mol. The lowest BCUT2D eigenvalue weighted by molar-refractivity contribution is 0.567. The van der Waals surface area contributed by atoms with Crippen molar-refractivity contribution >= 4 is 55.7 Å². The molecule has 0 saturated heterocycles. The second kappa shape index (κ2) is 21.5. The van der Waals surface area contributed by atoms with Gasteiger partial charge in [-0.15, -0.1) is 0 Å². The highest BCUT2D eigenvalue weighted by molar-refractivity contribution is 6.15. The van der Waals surface area contributed by atoms with Gasteiger partial charge in [0, 0.05) is 33.5 Å². The molecule has 0 aliphatic heterocycles. The quantitative estimate of drug-likeness (QED) is 0.0840.